The summed E-state index contributed by atoms with van der Waals surface area (Å²) in [4.78, 5) is 27.2. The van der Waals surface area contributed by atoms with Crippen molar-refractivity contribution in [2.45, 2.75) is 38.2 Å². The predicted molar refractivity (Wildman–Crippen MR) is 117 cm³/mol. The van der Waals surface area contributed by atoms with Gasteiger partial charge in [0.2, 0.25) is 11.8 Å². The summed E-state index contributed by atoms with van der Waals surface area (Å²) in [6, 6.07) is 10.5. The fraction of sp³-hybridized carbons (Fsp3) is 0.417. The number of hydrogen-bond donors (Lipinski definition) is 0. The Morgan fingerprint density at radius 3 is 2.58 bits per heavy atom. The zero-order chi connectivity index (χ0) is 21.2. The van der Waals surface area contributed by atoms with Crippen LogP contribution in [0.2, 0.25) is 0 Å². The average Bonchev–Trinajstić information content (AvgIpc) is 3.32. The highest BCUT2D eigenvalue weighted by Gasteiger charge is 2.23. The van der Waals surface area contributed by atoms with Gasteiger partial charge in [0.25, 0.3) is 0 Å². The zero-order valence-electron chi connectivity index (χ0n) is 17.7. The number of ether oxygens (including phenoxy) is 2. The molecule has 1 aromatic carbocycles. The van der Waals surface area contributed by atoms with Crippen LogP contribution in [0.15, 0.2) is 42.7 Å². The van der Waals surface area contributed by atoms with Crippen LogP contribution in [0.5, 0.6) is 5.88 Å². The smallest absolute Gasteiger partial charge is 0.243 e. The Balaban J connectivity index is 1.39. The Labute approximate surface area is 181 Å². The Morgan fingerprint density at radius 2 is 1.87 bits per heavy atom. The molecule has 2 saturated heterocycles. The lowest BCUT2D eigenvalue weighted by molar-refractivity contribution is -0.129. The fourth-order valence-corrected chi connectivity index (χ4v) is 4.39. The van der Waals surface area contributed by atoms with Gasteiger partial charge in [-0.25, -0.2) is 9.97 Å². The Kier molecular flexibility index (Phi) is 5.51. The molecular weight excluding hydrogens is 392 g/mol. The highest BCUT2D eigenvalue weighted by Crippen LogP contribution is 2.32. The van der Waals surface area contributed by atoms with E-state index in [-0.39, 0.29) is 12.0 Å². The van der Waals surface area contributed by atoms with Gasteiger partial charge in [-0.1, -0.05) is 24.3 Å². The number of piperidine rings is 1. The Hall–Kier alpha value is -3.06. The standard InChI is InChI=1S/C24H26N4O3/c1-16(29)28-11-6-18(7-12-28)17-2-4-19(5-3-17)21-14-22-23(26-10-9-25-22)24(27-21)31-20-8-13-30-15-20/h2-5,9-10,14,18,20H,6-8,11-13,15H2,1H3/t20-/m1/s1. The molecule has 0 unspecified atom stereocenters. The van der Waals surface area contributed by atoms with E-state index in [9.17, 15) is 4.79 Å². The van der Waals surface area contributed by atoms with E-state index >= 15 is 0 Å². The lowest BCUT2D eigenvalue weighted by atomic mass is 9.89. The molecule has 31 heavy (non-hydrogen) atoms. The molecule has 7 heteroatoms. The van der Waals surface area contributed by atoms with Crippen LogP contribution >= 0.6 is 0 Å². The van der Waals surface area contributed by atoms with E-state index in [1.165, 1.54) is 5.56 Å². The number of nitrogens with zero attached hydrogens (tertiary/aromatic N) is 4. The third kappa shape index (κ3) is 4.23. The fourth-order valence-electron chi connectivity index (χ4n) is 4.39. The third-order valence-corrected chi connectivity index (χ3v) is 6.21. The molecule has 160 valence electrons. The van der Waals surface area contributed by atoms with Crippen molar-refractivity contribution in [3.05, 3.63) is 48.3 Å². The first-order chi connectivity index (χ1) is 15.2. The van der Waals surface area contributed by atoms with Crippen LogP contribution in [0.1, 0.15) is 37.7 Å². The van der Waals surface area contributed by atoms with E-state index in [4.69, 9.17) is 14.5 Å². The van der Waals surface area contributed by atoms with Crippen molar-refractivity contribution in [2.24, 2.45) is 0 Å². The number of fused-ring (bicyclic) bond motifs is 1. The number of hydrogen-bond acceptors (Lipinski definition) is 6. The molecule has 2 aromatic heterocycles. The second kappa shape index (κ2) is 8.59. The van der Waals surface area contributed by atoms with Crippen molar-refractivity contribution < 1.29 is 14.3 Å². The van der Waals surface area contributed by atoms with E-state index < -0.39 is 0 Å². The van der Waals surface area contributed by atoms with Gasteiger partial charge in [-0.05, 0) is 30.4 Å². The number of carbonyl (C=O) groups is 1. The van der Waals surface area contributed by atoms with Gasteiger partial charge < -0.3 is 14.4 Å². The van der Waals surface area contributed by atoms with E-state index in [1.54, 1.807) is 19.3 Å². The molecule has 0 radical (unpaired) electrons. The molecule has 1 amide bonds. The van der Waals surface area contributed by atoms with Crippen LogP contribution in [0, 0.1) is 0 Å². The van der Waals surface area contributed by atoms with Crippen molar-refractivity contribution >= 4 is 16.9 Å². The Bertz CT molecular complexity index is 1070. The monoisotopic (exact) mass is 418 g/mol. The van der Waals surface area contributed by atoms with Gasteiger partial charge in [0.05, 0.1) is 24.4 Å². The van der Waals surface area contributed by atoms with Gasteiger partial charge in [0.15, 0.2) is 5.52 Å². The molecule has 5 rings (SSSR count). The van der Waals surface area contributed by atoms with E-state index in [0.29, 0.717) is 30.5 Å². The minimum Gasteiger partial charge on any atom is -0.470 e. The molecule has 0 bridgehead atoms. The van der Waals surface area contributed by atoms with Crippen molar-refractivity contribution in [1.82, 2.24) is 19.9 Å². The van der Waals surface area contributed by atoms with Crippen molar-refractivity contribution in [2.75, 3.05) is 26.3 Å². The molecule has 4 heterocycles. The molecule has 2 fully saturated rings. The summed E-state index contributed by atoms with van der Waals surface area (Å²) in [6.07, 6.45) is 6.20. The van der Waals surface area contributed by atoms with Gasteiger partial charge in [-0.3, -0.25) is 9.78 Å². The highest BCUT2D eigenvalue weighted by atomic mass is 16.5. The van der Waals surface area contributed by atoms with Gasteiger partial charge in [-0.15, -0.1) is 0 Å². The molecule has 0 saturated carbocycles. The van der Waals surface area contributed by atoms with Crippen LogP contribution in [0.25, 0.3) is 22.3 Å². The summed E-state index contributed by atoms with van der Waals surface area (Å²) in [5.41, 5.74) is 4.59. The molecule has 2 aliphatic rings. The lowest BCUT2D eigenvalue weighted by Gasteiger charge is -2.31. The quantitative estimate of drug-likeness (QED) is 0.644. The van der Waals surface area contributed by atoms with Crippen LogP contribution < -0.4 is 4.74 Å². The number of carbonyl (C=O) groups excluding carboxylic acids is 1. The molecule has 3 aromatic rings. The summed E-state index contributed by atoms with van der Waals surface area (Å²) in [6.45, 7) is 4.59. The number of amides is 1. The topological polar surface area (TPSA) is 77.4 Å². The number of benzene rings is 1. The van der Waals surface area contributed by atoms with Crippen molar-refractivity contribution in [3.8, 4) is 17.1 Å². The third-order valence-electron chi connectivity index (χ3n) is 6.21. The van der Waals surface area contributed by atoms with Crippen LogP contribution in [0.4, 0.5) is 0 Å². The van der Waals surface area contributed by atoms with E-state index in [1.807, 2.05) is 11.0 Å². The summed E-state index contributed by atoms with van der Waals surface area (Å²) < 4.78 is 11.6. The highest BCUT2D eigenvalue weighted by molar-refractivity contribution is 5.83. The largest absolute Gasteiger partial charge is 0.470 e. The van der Waals surface area contributed by atoms with Gasteiger partial charge in [-0.2, -0.15) is 0 Å². The van der Waals surface area contributed by atoms with Crippen molar-refractivity contribution in [3.63, 3.8) is 0 Å². The first-order valence-electron chi connectivity index (χ1n) is 10.9. The first kappa shape index (κ1) is 19.9. The summed E-state index contributed by atoms with van der Waals surface area (Å²) in [5.74, 6) is 1.17. The minimum atomic E-state index is -0.00352. The normalized spacial score (nSPS) is 19.6. The summed E-state index contributed by atoms with van der Waals surface area (Å²) >= 11 is 0. The van der Waals surface area contributed by atoms with Crippen LogP contribution in [0.3, 0.4) is 0 Å². The lowest BCUT2D eigenvalue weighted by Crippen LogP contribution is -2.36. The van der Waals surface area contributed by atoms with Gasteiger partial charge in [0, 0.05) is 44.4 Å². The maximum atomic E-state index is 11.6. The maximum Gasteiger partial charge on any atom is 0.243 e. The van der Waals surface area contributed by atoms with E-state index in [0.717, 1.165) is 49.1 Å². The summed E-state index contributed by atoms with van der Waals surface area (Å²) in [5, 5.41) is 0. The molecule has 0 N–H and O–H groups in total. The van der Waals surface area contributed by atoms with E-state index in [2.05, 4.69) is 34.2 Å². The van der Waals surface area contributed by atoms with Crippen LogP contribution in [-0.4, -0.2) is 58.2 Å². The number of aromatic nitrogens is 3. The Morgan fingerprint density at radius 1 is 1.10 bits per heavy atom. The minimum absolute atomic E-state index is 0.00352. The predicted octanol–water partition coefficient (Wildman–Crippen LogP) is 3.59. The van der Waals surface area contributed by atoms with Crippen LogP contribution in [-0.2, 0) is 9.53 Å². The van der Waals surface area contributed by atoms with Gasteiger partial charge in [0.1, 0.15) is 6.10 Å². The molecular formula is C24H26N4O3. The molecule has 2 aliphatic heterocycles. The molecule has 0 aliphatic carbocycles. The molecule has 7 nitrogen and oxygen atoms in total. The molecule has 0 spiro atoms. The SMILES string of the molecule is CC(=O)N1CCC(c2ccc(-c3cc4nccnc4c(O[C@@H]4CCOC4)n3)cc2)CC1. The number of rotatable bonds is 4. The summed E-state index contributed by atoms with van der Waals surface area (Å²) in [7, 11) is 0. The zero-order valence-corrected chi connectivity index (χ0v) is 17.7. The van der Waals surface area contributed by atoms with Crippen molar-refractivity contribution in [1.29, 1.82) is 0 Å². The second-order valence-electron chi connectivity index (χ2n) is 8.24. The second-order valence-corrected chi connectivity index (χ2v) is 8.24. The van der Waals surface area contributed by atoms with Gasteiger partial charge >= 0.3 is 0 Å². The molecule has 1 atom stereocenters. The number of pyridine rings is 1. The average molecular weight is 418 g/mol. The number of likely N-dealkylation sites (tertiary alicyclic amines) is 1. The maximum absolute atomic E-state index is 11.6. The first-order valence-corrected chi connectivity index (χ1v) is 10.9.